The van der Waals surface area contributed by atoms with E-state index in [1.54, 1.807) is 0 Å². The molecule has 1 fully saturated rings. The van der Waals surface area contributed by atoms with E-state index in [0.29, 0.717) is 0 Å². The van der Waals surface area contributed by atoms with Crippen LogP contribution in [0.1, 0.15) is 0 Å². The second-order valence-electron chi connectivity index (χ2n) is 3.98. The normalized spacial score (nSPS) is 22.0. The van der Waals surface area contributed by atoms with Crippen LogP contribution in [0.3, 0.4) is 0 Å². The van der Waals surface area contributed by atoms with E-state index in [4.69, 9.17) is 9.84 Å². The molecule has 7 heteroatoms. The van der Waals surface area contributed by atoms with Crippen molar-refractivity contribution in [2.24, 2.45) is 0 Å². The molecule has 0 saturated carbocycles. The molecule has 1 atom stereocenters. The maximum absolute atomic E-state index is 12.8. The van der Waals surface area contributed by atoms with Crippen molar-refractivity contribution >= 4 is 10.0 Å². The third-order valence-corrected chi connectivity index (χ3v) is 4.77. The molecule has 2 rings (SSSR count). The van der Waals surface area contributed by atoms with E-state index in [2.05, 4.69) is 0 Å². The SMILES string of the molecule is O=S(=O)(c1ccc(F)cc1)N1CCOCC1CO. The van der Waals surface area contributed by atoms with Gasteiger partial charge in [-0.15, -0.1) is 0 Å². The highest BCUT2D eigenvalue weighted by Crippen LogP contribution is 2.20. The summed E-state index contributed by atoms with van der Waals surface area (Å²) in [5.41, 5.74) is 0. The largest absolute Gasteiger partial charge is 0.395 e. The molecule has 1 aromatic carbocycles. The molecule has 1 N–H and O–H groups in total. The molecule has 100 valence electrons. The van der Waals surface area contributed by atoms with Crippen LogP contribution in [0.25, 0.3) is 0 Å². The summed E-state index contributed by atoms with van der Waals surface area (Å²) >= 11 is 0. The molecule has 0 aromatic heterocycles. The molecule has 0 aliphatic carbocycles. The van der Waals surface area contributed by atoms with Crippen LogP contribution >= 0.6 is 0 Å². The van der Waals surface area contributed by atoms with Crippen molar-refractivity contribution < 1.29 is 22.7 Å². The summed E-state index contributed by atoms with van der Waals surface area (Å²) in [7, 11) is -3.71. The van der Waals surface area contributed by atoms with Gasteiger partial charge in [0.25, 0.3) is 0 Å². The first kappa shape index (κ1) is 13.4. The monoisotopic (exact) mass is 275 g/mol. The van der Waals surface area contributed by atoms with E-state index in [1.807, 2.05) is 0 Å². The molecule has 1 saturated heterocycles. The predicted molar refractivity (Wildman–Crippen MR) is 62.0 cm³/mol. The number of sulfonamides is 1. The molecule has 1 heterocycles. The lowest BCUT2D eigenvalue weighted by Gasteiger charge is -2.33. The number of hydrogen-bond acceptors (Lipinski definition) is 4. The third kappa shape index (κ3) is 2.54. The Morgan fingerprint density at radius 3 is 2.67 bits per heavy atom. The van der Waals surface area contributed by atoms with Crippen molar-refractivity contribution in [2.45, 2.75) is 10.9 Å². The van der Waals surface area contributed by atoms with E-state index >= 15 is 0 Å². The summed E-state index contributed by atoms with van der Waals surface area (Å²) in [5, 5.41) is 9.17. The number of halogens is 1. The molecule has 0 spiro atoms. The summed E-state index contributed by atoms with van der Waals surface area (Å²) < 4.78 is 43.7. The van der Waals surface area contributed by atoms with E-state index in [0.717, 1.165) is 12.1 Å². The van der Waals surface area contributed by atoms with Crippen LogP contribution in [-0.2, 0) is 14.8 Å². The lowest BCUT2D eigenvalue weighted by Crippen LogP contribution is -2.50. The van der Waals surface area contributed by atoms with Gasteiger partial charge in [-0.2, -0.15) is 4.31 Å². The fourth-order valence-electron chi connectivity index (χ4n) is 1.84. The molecule has 0 amide bonds. The molecule has 5 nitrogen and oxygen atoms in total. The molecule has 1 aliphatic rings. The fourth-order valence-corrected chi connectivity index (χ4v) is 3.43. The van der Waals surface area contributed by atoms with Crippen LogP contribution in [0.5, 0.6) is 0 Å². The summed E-state index contributed by atoms with van der Waals surface area (Å²) in [5.74, 6) is -0.491. The number of morpholine rings is 1. The lowest BCUT2D eigenvalue weighted by atomic mass is 10.3. The van der Waals surface area contributed by atoms with E-state index < -0.39 is 21.9 Å². The number of rotatable bonds is 3. The molecule has 0 bridgehead atoms. The summed E-state index contributed by atoms with van der Waals surface area (Å²) in [4.78, 5) is 0.0178. The minimum Gasteiger partial charge on any atom is -0.395 e. The van der Waals surface area contributed by atoms with Crippen molar-refractivity contribution in [2.75, 3.05) is 26.4 Å². The summed E-state index contributed by atoms with van der Waals surface area (Å²) in [6.07, 6.45) is 0. The van der Waals surface area contributed by atoms with Crippen molar-refractivity contribution in [1.29, 1.82) is 0 Å². The number of hydrogen-bond donors (Lipinski definition) is 1. The maximum Gasteiger partial charge on any atom is 0.243 e. The lowest BCUT2D eigenvalue weighted by molar-refractivity contribution is 0.0109. The Balaban J connectivity index is 2.32. The summed E-state index contributed by atoms with van der Waals surface area (Å²) in [6, 6.07) is 4.04. The Kier molecular flexibility index (Phi) is 3.96. The van der Waals surface area contributed by atoms with Gasteiger partial charge in [-0.3, -0.25) is 0 Å². The molecule has 1 aromatic rings. The van der Waals surface area contributed by atoms with Gasteiger partial charge < -0.3 is 9.84 Å². The third-order valence-electron chi connectivity index (χ3n) is 2.80. The van der Waals surface area contributed by atoms with Gasteiger partial charge in [0.1, 0.15) is 5.82 Å². The van der Waals surface area contributed by atoms with E-state index in [-0.39, 0.29) is 31.3 Å². The zero-order chi connectivity index (χ0) is 13.2. The van der Waals surface area contributed by atoms with Crippen LogP contribution < -0.4 is 0 Å². The minimum atomic E-state index is -3.71. The van der Waals surface area contributed by atoms with Crippen molar-refractivity contribution in [1.82, 2.24) is 4.31 Å². The zero-order valence-corrected chi connectivity index (χ0v) is 10.4. The molecule has 1 aliphatic heterocycles. The molecule has 18 heavy (non-hydrogen) atoms. The van der Waals surface area contributed by atoms with Crippen LogP contribution in [0, 0.1) is 5.82 Å². The van der Waals surface area contributed by atoms with Gasteiger partial charge in [0.05, 0.1) is 30.8 Å². The second-order valence-corrected chi connectivity index (χ2v) is 5.87. The van der Waals surface area contributed by atoms with E-state index in [9.17, 15) is 12.8 Å². The predicted octanol–water partition coefficient (Wildman–Crippen LogP) is 0.208. The first-order valence-corrected chi connectivity index (χ1v) is 6.95. The van der Waals surface area contributed by atoms with Gasteiger partial charge >= 0.3 is 0 Å². The Bertz CT molecular complexity index is 502. The standard InChI is InChI=1S/C11H14FNO4S/c12-9-1-3-11(4-2-9)18(15,16)13-5-6-17-8-10(13)7-14/h1-4,10,14H,5-8H2. The average molecular weight is 275 g/mol. The first-order valence-electron chi connectivity index (χ1n) is 5.51. The van der Waals surface area contributed by atoms with Crippen LogP contribution in [0.2, 0.25) is 0 Å². The molecular formula is C11H14FNO4S. The van der Waals surface area contributed by atoms with Crippen LogP contribution in [0.4, 0.5) is 4.39 Å². The van der Waals surface area contributed by atoms with Crippen LogP contribution in [-0.4, -0.2) is 50.2 Å². The molecule has 1 unspecified atom stereocenters. The zero-order valence-electron chi connectivity index (χ0n) is 9.62. The van der Waals surface area contributed by atoms with Crippen molar-refractivity contribution in [3.8, 4) is 0 Å². The van der Waals surface area contributed by atoms with Gasteiger partial charge in [-0.05, 0) is 24.3 Å². The minimum absolute atomic E-state index is 0.0178. The number of ether oxygens (including phenoxy) is 1. The second kappa shape index (κ2) is 5.31. The van der Waals surface area contributed by atoms with Crippen LogP contribution in [0.15, 0.2) is 29.2 Å². The Hall–Kier alpha value is -1.02. The number of benzene rings is 1. The number of aliphatic hydroxyl groups excluding tert-OH is 1. The van der Waals surface area contributed by atoms with Crippen molar-refractivity contribution in [3.05, 3.63) is 30.1 Å². The topological polar surface area (TPSA) is 66.8 Å². The Labute approximate surface area is 105 Å². The maximum atomic E-state index is 12.8. The van der Waals surface area contributed by atoms with Gasteiger partial charge in [-0.1, -0.05) is 0 Å². The smallest absolute Gasteiger partial charge is 0.243 e. The molecular weight excluding hydrogens is 261 g/mol. The van der Waals surface area contributed by atoms with Gasteiger partial charge in [0.2, 0.25) is 10.0 Å². The highest BCUT2D eigenvalue weighted by molar-refractivity contribution is 7.89. The number of nitrogens with zero attached hydrogens (tertiary/aromatic N) is 1. The highest BCUT2D eigenvalue weighted by Gasteiger charge is 2.33. The number of aliphatic hydroxyl groups is 1. The van der Waals surface area contributed by atoms with Gasteiger partial charge in [-0.25, -0.2) is 12.8 Å². The van der Waals surface area contributed by atoms with Crippen molar-refractivity contribution in [3.63, 3.8) is 0 Å². The average Bonchev–Trinajstić information content (AvgIpc) is 2.39. The fraction of sp³-hybridized carbons (Fsp3) is 0.455. The molecule has 0 radical (unpaired) electrons. The quantitative estimate of drug-likeness (QED) is 0.856. The summed E-state index contributed by atoms with van der Waals surface area (Å²) in [6.45, 7) is 0.333. The Morgan fingerprint density at radius 1 is 1.39 bits per heavy atom. The first-order chi connectivity index (χ1) is 8.55. The van der Waals surface area contributed by atoms with E-state index in [1.165, 1.54) is 16.4 Å². The van der Waals surface area contributed by atoms with Gasteiger partial charge in [0.15, 0.2) is 0 Å². The highest BCUT2D eigenvalue weighted by atomic mass is 32.2. The van der Waals surface area contributed by atoms with Gasteiger partial charge in [0, 0.05) is 6.54 Å². The Morgan fingerprint density at radius 2 is 2.06 bits per heavy atom.